The van der Waals surface area contributed by atoms with Gasteiger partial charge in [0.05, 0.1) is 6.04 Å². The van der Waals surface area contributed by atoms with Crippen LogP contribution in [0.2, 0.25) is 0 Å². The van der Waals surface area contributed by atoms with Gasteiger partial charge in [-0.2, -0.15) is 0 Å². The zero-order valence-electron chi connectivity index (χ0n) is 7.67. The fourth-order valence-corrected chi connectivity index (χ4v) is 1.82. The molecule has 0 aromatic heterocycles. The maximum Gasteiger partial charge on any atom is 0.186 e. The number of nitrogens with zero attached hydrogens (tertiary/aromatic N) is 1. The molecule has 0 aliphatic heterocycles. The summed E-state index contributed by atoms with van der Waals surface area (Å²) in [5, 5.41) is 0. The Morgan fingerprint density at radius 1 is 1.50 bits per heavy atom. The van der Waals surface area contributed by atoms with Crippen molar-refractivity contribution in [2.75, 3.05) is 0 Å². The third-order valence-electron chi connectivity index (χ3n) is 1.76. The smallest absolute Gasteiger partial charge is 0.186 e. The summed E-state index contributed by atoms with van der Waals surface area (Å²) in [4.78, 5) is 3.96. The van der Waals surface area contributed by atoms with Crippen molar-refractivity contribution < 1.29 is 4.39 Å². The van der Waals surface area contributed by atoms with Crippen molar-refractivity contribution in [1.29, 1.82) is 0 Å². The molecule has 3 nitrogen and oxygen atoms in total. The van der Waals surface area contributed by atoms with Crippen LogP contribution in [0, 0.1) is 5.82 Å². The highest BCUT2D eigenvalue weighted by atomic mass is 79.9. The molecule has 0 saturated carbocycles. The Morgan fingerprint density at radius 2 is 2.14 bits per heavy atom. The summed E-state index contributed by atoms with van der Waals surface area (Å²) in [5.41, 5.74) is 11.3. The maximum atomic E-state index is 12.8. The van der Waals surface area contributed by atoms with E-state index in [0.717, 1.165) is 5.56 Å². The molecule has 0 saturated heterocycles. The fourth-order valence-electron chi connectivity index (χ4n) is 1.13. The number of benzene rings is 1. The van der Waals surface area contributed by atoms with Crippen molar-refractivity contribution >= 4 is 21.9 Å². The van der Waals surface area contributed by atoms with Gasteiger partial charge < -0.3 is 11.5 Å². The number of guanidine groups is 1. The van der Waals surface area contributed by atoms with Gasteiger partial charge in [-0.3, -0.25) is 0 Å². The normalized spacial score (nSPS) is 12.2. The molecule has 1 unspecified atom stereocenters. The molecule has 0 fully saturated rings. The Balaban J connectivity index is 3.02. The number of hydrogen-bond acceptors (Lipinski definition) is 1. The van der Waals surface area contributed by atoms with Gasteiger partial charge in [0.1, 0.15) is 5.82 Å². The predicted octanol–water partition coefficient (Wildman–Crippen LogP) is 1.92. The topological polar surface area (TPSA) is 64.4 Å². The van der Waals surface area contributed by atoms with Crippen LogP contribution in [-0.2, 0) is 0 Å². The second kappa shape index (κ2) is 4.41. The van der Waals surface area contributed by atoms with E-state index in [2.05, 4.69) is 20.9 Å². The molecule has 76 valence electrons. The maximum absolute atomic E-state index is 12.8. The van der Waals surface area contributed by atoms with E-state index in [1.165, 1.54) is 12.1 Å². The van der Waals surface area contributed by atoms with Crippen molar-refractivity contribution in [2.24, 2.45) is 16.5 Å². The number of rotatable bonds is 2. The van der Waals surface area contributed by atoms with Crippen molar-refractivity contribution in [1.82, 2.24) is 0 Å². The van der Waals surface area contributed by atoms with Crippen LogP contribution in [0.4, 0.5) is 4.39 Å². The van der Waals surface area contributed by atoms with Crippen molar-refractivity contribution in [2.45, 2.75) is 13.0 Å². The Hall–Kier alpha value is -1.10. The first-order chi connectivity index (χ1) is 6.50. The van der Waals surface area contributed by atoms with E-state index in [9.17, 15) is 4.39 Å². The van der Waals surface area contributed by atoms with Gasteiger partial charge in [-0.05, 0) is 24.6 Å². The SMILES string of the molecule is CC(N=C(N)N)c1ccc(F)cc1Br. The van der Waals surface area contributed by atoms with Gasteiger partial charge in [0.2, 0.25) is 0 Å². The first-order valence-electron chi connectivity index (χ1n) is 4.04. The quantitative estimate of drug-likeness (QED) is 0.630. The highest BCUT2D eigenvalue weighted by molar-refractivity contribution is 9.10. The summed E-state index contributed by atoms with van der Waals surface area (Å²) in [6, 6.07) is 4.22. The van der Waals surface area contributed by atoms with E-state index in [1.807, 2.05) is 6.92 Å². The third-order valence-corrected chi connectivity index (χ3v) is 2.44. The minimum Gasteiger partial charge on any atom is -0.370 e. The second-order valence-electron chi connectivity index (χ2n) is 2.90. The highest BCUT2D eigenvalue weighted by Crippen LogP contribution is 2.26. The van der Waals surface area contributed by atoms with Gasteiger partial charge in [0.25, 0.3) is 0 Å². The van der Waals surface area contributed by atoms with Gasteiger partial charge in [0, 0.05) is 4.47 Å². The molecule has 0 bridgehead atoms. The van der Waals surface area contributed by atoms with Crippen molar-refractivity contribution in [3.63, 3.8) is 0 Å². The fraction of sp³-hybridized carbons (Fsp3) is 0.222. The zero-order chi connectivity index (χ0) is 10.7. The number of aliphatic imine (C=N–C) groups is 1. The Labute approximate surface area is 90.1 Å². The summed E-state index contributed by atoms with van der Waals surface area (Å²) < 4.78 is 13.4. The summed E-state index contributed by atoms with van der Waals surface area (Å²) in [5.74, 6) is -0.272. The lowest BCUT2D eigenvalue weighted by Crippen LogP contribution is -2.23. The van der Waals surface area contributed by atoms with E-state index >= 15 is 0 Å². The number of hydrogen-bond donors (Lipinski definition) is 2. The lowest BCUT2D eigenvalue weighted by atomic mass is 10.1. The van der Waals surface area contributed by atoms with Gasteiger partial charge in [-0.15, -0.1) is 0 Å². The molecule has 1 aromatic carbocycles. The second-order valence-corrected chi connectivity index (χ2v) is 3.75. The summed E-state index contributed by atoms with van der Waals surface area (Å²) in [6.45, 7) is 1.83. The average Bonchev–Trinajstić information content (AvgIpc) is 2.01. The molecule has 14 heavy (non-hydrogen) atoms. The molecular weight excluding hydrogens is 249 g/mol. The molecule has 0 heterocycles. The molecule has 4 N–H and O–H groups in total. The van der Waals surface area contributed by atoms with Crippen LogP contribution in [0.5, 0.6) is 0 Å². The van der Waals surface area contributed by atoms with Gasteiger partial charge in [-0.25, -0.2) is 9.38 Å². The van der Waals surface area contributed by atoms with Crippen molar-refractivity contribution in [3.05, 3.63) is 34.1 Å². The molecule has 0 aliphatic carbocycles. The van der Waals surface area contributed by atoms with Gasteiger partial charge in [-0.1, -0.05) is 22.0 Å². The van der Waals surface area contributed by atoms with E-state index in [4.69, 9.17) is 11.5 Å². The molecular formula is C9H11BrFN3. The first-order valence-corrected chi connectivity index (χ1v) is 4.83. The van der Waals surface area contributed by atoms with E-state index in [-0.39, 0.29) is 17.8 Å². The van der Waals surface area contributed by atoms with Crippen LogP contribution in [0.15, 0.2) is 27.7 Å². The minimum atomic E-state index is -0.294. The van der Waals surface area contributed by atoms with E-state index < -0.39 is 0 Å². The number of nitrogens with two attached hydrogens (primary N) is 2. The van der Waals surface area contributed by atoms with E-state index in [0.29, 0.717) is 4.47 Å². The lowest BCUT2D eigenvalue weighted by Gasteiger charge is -2.09. The Morgan fingerprint density at radius 3 is 2.64 bits per heavy atom. The summed E-state index contributed by atoms with van der Waals surface area (Å²) >= 11 is 3.25. The summed E-state index contributed by atoms with van der Waals surface area (Å²) in [6.07, 6.45) is 0. The zero-order valence-corrected chi connectivity index (χ0v) is 9.25. The minimum absolute atomic E-state index is 0.0220. The van der Waals surface area contributed by atoms with Gasteiger partial charge in [0.15, 0.2) is 5.96 Å². The van der Waals surface area contributed by atoms with Crippen LogP contribution in [0.25, 0.3) is 0 Å². The van der Waals surface area contributed by atoms with Crippen LogP contribution in [-0.4, -0.2) is 5.96 Å². The molecule has 0 aliphatic rings. The van der Waals surface area contributed by atoms with Crippen LogP contribution in [0.3, 0.4) is 0 Å². The predicted molar refractivity (Wildman–Crippen MR) is 58.3 cm³/mol. The molecule has 1 atom stereocenters. The van der Waals surface area contributed by atoms with Crippen LogP contribution >= 0.6 is 15.9 Å². The van der Waals surface area contributed by atoms with Crippen LogP contribution < -0.4 is 11.5 Å². The van der Waals surface area contributed by atoms with Crippen LogP contribution in [0.1, 0.15) is 18.5 Å². The highest BCUT2D eigenvalue weighted by Gasteiger charge is 2.08. The largest absolute Gasteiger partial charge is 0.370 e. The Kier molecular flexibility index (Phi) is 3.46. The third kappa shape index (κ3) is 2.70. The standard InChI is InChI=1S/C9H11BrFN3/c1-5(14-9(12)13)7-3-2-6(11)4-8(7)10/h2-5H,1H3,(H4,12,13,14). The van der Waals surface area contributed by atoms with E-state index in [1.54, 1.807) is 6.07 Å². The number of halogens is 2. The molecule has 1 rings (SSSR count). The van der Waals surface area contributed by atoms with Crippen molar-refractivity contribution in [3.8, 4) is 0 Å². The molecule has 0 radical (unpaired) electrons. The molecule has 5 heteroatoms. The molecule has 0 spiro atoms. The molecule has 1 aromatic rings. The average molecular weight is 260 g/mol. The Bertz CT molecular complexity index is 361. The monoisotopic (exact) mass is 259 g/mol. The van der Waals surface area contributed by atoms with Gasteiger partial charge >= 0.3 is 0 Å². The molecule has 0 amide bonds. The summed E-state index contributed by atoms with van der Waals surface area (Å²) in [7, 11) is 0. The lowest BCUT2D eigenvalue weighted by molar-refractivity contribution is 0.624. The first kappa shape index (κ1) is 11.0.